The zero-order valence-electron chi connectivity index (χ0n) is 5.82. The van der Waals surface area contributed by atoms with E-state index in [1.165, 1.54) is 0 Å². The van der Waals surface area contributed by atoms with Crippen molar-refractivity contribution in [2.45, 2.75) is 0 Å². The van der Waals surface area contributed by atoms with Crippen molar-refractivity contribution >= 4 is 21.8 Å². The van der Waals surface area contributed by atoms with E-state index in [0.29, 0.717) is 10.2 Å². The fraction of sp³-hybridized carbons (Fsp3) is 0.200. The van der Waals surface area contributed by atoms with Gasteiger partial charge >= 0.3 is 0 Å². The van der Waals surface area contributed by atoms with Gasteiger partial charge in [0.15, 0.2) is 5.84 Å². The van der Waals surface area contributed by atoms with Gasteiger partial charge in [0.1, 0.15) is 5.69 Å². The first-order valence-electron chi connectivity index (χ1n) is 2.82. The molecule has 1 rings (SSSR count). The third kappa shape index (κ3) is 1.51. The maximum Gasteiger partial charge on any atom is 0.191 e. The summed E-state index contributed by atoms with van der Waals surface area (Å²) in [5, 5.41) is 15.1. The van der Waals surface area contributed by atoms with Crippen molar-refractivity contribution in [3.8, 4) is 0 Å². The number of oxime groups is 1. The quantitative estimate of drug-likeness (QED) is 0.308. The molecule has 0 amide bonds. The van der Waals surface area contributed by atoms with E-state index >= 15 is 0 Å². The minimum atomic E-state index is -0.00234. The first-order valence-corrected chi connectivity index (χ1v) is 3.61. The molecule has 0 aliphatic carbocycles. The molecule has 1 heterocycles. The van der Waals surface area contributed by atoms with Crippen molar-refractivity contribution in [1.29, 1.82) is 0 Å². The van der Waals surface area contributed by atoms with Gasteiger partial charge in [-0.1, -0.05) is 5.16 Å². The number of hydrogen-bond acceptors (Lipinski definition) is 3. The topological polar surface area (TPSA) is 76.4 Å². The van der Waals surface area contributed by atoms with Crippen LogP contribution in [0.25, 0.3) is 0 Å². The summed E-state index contributed by atoms with van der Waals surface area (Å²) in [6.07, 6.45) is 1.72. The molecule has 0 aromatic carbocycles. The maximum absolute atomic E-state index is 8.31. The molecular weight excluding hydrogens is 212 g/mol. The van der Waals surface area contributed by atoms with Crippen LogP contribution in [-0.4, -0.2) is 20.8 Å². The number of aromatic nitrogens is 2. The van der Waals surface area contributed by atoms with Gasteiger partial charge in [0.05, 0.1) is 4.47 Å². The van der Waals surface area contributed by atoms with Crippen molar-refractivity contribution in [3.05, 3.63) is 16.4 Å². The van der Waals surface area contributed by atoms with Crippen molar-refractivity contribution in [1.82, 2.24) is 9.78 Å². The van der Waals surface area contributed by atoms with Crippen molar-refractivity contribution < 1.29 is 5.21 Å². The van der Waals surface area contributed by atoms with Crippen molar-refractivity contribution in [2.24, 2.45) is 17.9 Å². The van der Waals surface area contributed by atoms with Crippen LogP contribution in [-0.2, 0) is 7.05 Å². The minimum absolute atomic E-state index is 0.00234. The largest absolute Gasteiger partial charge is 0.409 e. The molecular formula is C5H7BrN4O. The smallest absolute Gasteiger partial charge is 0.191 e. The second-order valence-electron chi connectivity index (χ2n) is 1.98. The highest BCUT2D eigenvalue weighted by Crippen LogP contribution is 2.13. The van der Waals surface area contributed by atoms with Gasteiger partial charge in [-0.15, -0.1) is 0 Å². The van der Waals surface area contributed by atoms with E-state index in [0.717, 1.165) is 0 Å². The van der Waals surface area contributed by atoms with Crippen LogP contribution in [0, 0.1) is 0 Å². The highest BCUT2D eigenvalue weighted by molar-refractivity contribution is 9.10. The molecule has 0 spiro atoms. The molecule has 60 valence electrons. The molecule has 0 saturated carbocycles. The zero-order chi connectivity index (χ0) is 8.43. The van der Waals surface area contributed by atoms with Crippen LogP contribution in [0.15, 0.2) is 15.8 Å². The molecule has 0 bridgehead atoms. The van der Waals surface area contributed by atoms with Crippen LogP contribution in [0.1, 0.15) is 5.69 Å². The molecule has 11 heavy (non-hydrogen) atoms. The summed E-state index contributed by atoms with van der Waals surface area (Å²) in [5.74, 6) is -0.00234. The molecule has 1 aromatic heterocycles. The summed E-state index contributed by atoms with van der Waals surface area (Å²) in [4.78, 5) is 0. The van der Waals surface area contributed by atoms with E-state index in [2.05, 4.69) is 26.2 Å². The summed E-state index contributed by atoms with van der Waals surface area (Å²) in [5.41, 5.74) is 5.74. The molecule has 0 radical (unpaired) electrons. The minimum Gasteiger partial charge on any atom is -0.409 e. The predicted molar refractivity (Wildman–Crippen MR) is 43.4 cm³/mol. The van der Waals surface area contributed by atoms with Gasteiger partial charge in [-0.05, 0) is 15.9 Å². The molecule has 0 atom stereocenters. The second-order valence-corrected chi connectivity index (χ2v) is 2.84. The van der Waals surface area contributed by atoms with Crippen LogP contribution in [0.2, 0.25) is 0 Å². The van der Waals surface area contributed by atoms with E-state index in [1.807, 2.05) is 0 Å². The second kappa shape index (κ2) is 2.91. The van der Waals surface area contributed by atoms with Gasteiger partial charge in [-0.3, -0.25) is 4.68 Å². The molecule has 0 saturated heterocycles. The lowest BCUT2D eigenvalue weighted by atomic mass is 10.4. The first-order chi connectivity index (χ1) is 5.15. The van der Waals surface area contributed by atoms with Crippen molar-refractivity contribution in [2.75, 3.05) is 0 Å². The third-order valence-electron chi connectivity index (χ3n) is 1.13. The summed E-state index contributed by atoms with van der Waals surface area (Å²) in [6.45, 7) is 0. The predicted octanol–water partition coefficient (Wildman–Crippen LogP) is 0.277. The Labute approximate surface area is 71.6 Å². The number of hydrogen-bond donors (Lipinski definition) is 2. The standard InChI is InChI=1S/C5H7BrN4O/c1-10-2-3(6)4(8-10)5(7)9-11/h2,11H,1H3,(H2,7,9). The fourth-order valence-corrected chi connectivity index (χ4v) is 1.26. The van der Waals surface area contributed by atoms with Crippen LogP contribution >= 0.6 is 15.9 Å². The van der Waals surface area contributed by atoms with Crippen LogP contribution in [0.5, 0.6) is 0 Å². The molecule has 0 aliphatic rings. The lowest BCUT2D eigenvalue weighted by Crippen LogP contribution is -2.14. The van der Waals surface area contributed by atoms with Crippen LogP contribution in [0.4, 0.5) is 0 Å². The number of nitrogens with two attached hydrogens (primary N) is 1. The Morgan fingerprint density at radius 2 is 2.55 bits per heavy atom. The Hall–Kier alpha value is -1.04. The number of nitrogens with zero attached hydrogens (tertiary/aromatic N) is 3. The molecule has 0 fully saturated rings. The van der Waals surface area contributed by atoms with Crippen LogP contribution < -0.4 is 5.73 Å². The van der Waals surface area contributed by atoms with E-state index in [-0.39, 0.29) is 5.84 Å². The molecule has 3 N–H and O–H groups in total. The van der Waals surface area contributed by atoms with Crippen LogP contribution in [0.3, 0.4) is 0 Å². The number of halogens is 1. The summed E-state index contributed by atoms with van der Waals surface area (Å²) in [7, 11) is 1.75. The number of rotatable bonds is 1. The molecule has 1 aromatic rings. The Bertz CT molecular complexity index is 293. The zero-order valence-corrected chi connectivity index (χ0v) is 7.41. The molecule has 5 nitrogen and oxygen atoms in total. The molecule has 6 heteroatoms. The fourth-order valence-electron chi connectivity index (χ4n) is 0.680. The Morgan fingerprint density at radius 1 is 1.91 bits per heavy atom. The highest BCUT2D eigenvalue weighted by Gasteiger charge is 2.08. The average Bonchev–Trinajstić information content (AvgIpc) is 2.28. The monoisotopic (exact) mass is 218 g/mol. The number of aryl methyl sites for hydroxylation is 1. The highest BCUT2D eigenvalue weighted by atomic mass is 79.9. The number of amidine groups is 1. The Morgan fingerprint density at radius 3 is 2.91 bits per heavy atom. The molecule has 0 aliphatic heterocycles. The third-order valence-corrected chi connectivity index (χ3v) is 1.71. The van der Waals surface area contributed by atoms with Gasteiger partial charge in [-0.2, -0.15) is 5.10 Å². The normalized spacial score (nSPS) is 12.0. The van der Waals surface area contributed by atoms with Gasteiger partial charge in [-0.25, -0.2) is 0 Å². The lowest BCUT2D eigenvalue weighted by molar-refractivity contribution is 0.318. The van der Waals surface area contributed by atoms with Gasteiger partial charge in [0, 0.05) is 13.2 Å². The van der Waals surface area contributed by atoms with E-state index in [4.69, 9.17) is 10.9 Å². The van der Waals surface area contributed by atoms with Gasteiger partial charge in [0.2, 0.25) is 0 Å². The van der Waals surface area contributed by atoms with E-state index < -0.39 is 0 Å². The van der Waals surface area contributed by atoms with Gasteiger partial charge < -0.3 is 10.9 Å². The Kier molecular flexibility index (Phi) is 2.13. The van der Waals surface area contributed by atoms with E-state index in [1.54, 1.807) is 17.9 Å². The molecule has 0 unspecified atom stereocenters. The van der Waals surface area contributed by atoms with Crippen molar-refractivity contribution in [3.63, 3.8) is 0 Å². The lowest BCUT2D eigenvalue weighted by Gasteiger charge is -1.90. The Balaban J connectivity index is 3.13. The van der Waals surface area contributed by atoms with Gasteiger partial charge in [0.25, 0.3) is 0 Å². The maximum atomic E-state index is 8.31. The summed E-state index contributed by atoms with van der Waals surface area (Å²) in [6, 6.07) is 0. The summed E-state index contributed by atoms with van der Waals surface area (Å²) >= 11 is 3.20. The summed E-state index contributed by atoms with van der Waals surface area (Å²) < 4.78 is 2.27. The SMILES string of the molecule is Cn1cc(Br)c(/C(N)=N\O)n1. The average molecular weight is 219 g/mol. The van der Waals surface area contributed by atoms with E-state index in [9.17, 15) is 0 Å². The first kappa shape index (κ1) is 8.06.